The van der Waals surface area contributed by atoms with Crippen LogP contribution in [0.2, 0.25) is 0 Å². The summed E-state index contributed by atoms with van der Waals surface area (Å²) in [6.07, 6.45) is 3.94. The Morgan fingerprint density at radius 2 is 2.54 bits per heavy atom. The van der Waals surface area contributed by atoms with Crippen molar-refractivity contribution >= 4 is 16.5 Å². The van der Waals surface area contributed by atoms with Crippen LogP contribution in [0.15, 0.2) is 11.6 Å². The number of hydrogen-bond donors (Lipinski definition) is 2. The number of thiazole rings is 1. The highest BCUT2D eigenvalue weighted by Gasteiger charge is 1.99. The lowest BCUT2D eigenvalue weighted by Gasteiger charge is -2.07. The van der Waals surface area contributed by atoms with E-state index in [2.05, 4.69) is 17.2 Å². The van der Waals surface area contributed by atoms with Crippen molar-refractivity contribution in [3.63, 3.8) is 0 Å². The molecule has 1 aromatic rings. The lowest BCUT2D eigenvalue weighted by Crippen LogP contribution is -2.06. The maximum absolute atomic E-state index is 8.79. The van der Waals surface area contributed by atoms with Crippen LogP contribution in [0.1, 0.15) is 19.8 Å². The number of aromatic nitrogens is 1. The minimum absolute atomic E-state index is 0.289. The van der Waals surface area contributed by atoms with Gasteiger partial charge in [0.15, 0.2) is 5.13 Å². The van der Waals surface area contributed by atoms with E-state index in [0.29, 0.717) is 5.92 Å². The molecule has 1 heterocycles. The Morgan fingerprint density at radius 1 is 1.69 bits per heavy atom. The van der Waals surface area contributed by atoms with Crippen molar-refractivity contribution in [3.8, 4) is 0 Å². The molecule has 0 amide bonds. The van der Waals surface area contributed by atoms with Crippen molar-refractivity contribution in [2.45, 2.75) is 19.8 Å². The monoisotopic (exact) mass is 200 g/mol. The molecule has 2 N–H and O–H groups in total. The maximum atomic E-state index is 8.79. The van der Waals surface area contributed by atoms with Gasteiger partial charge in [0.1, 0.15) is 0 Å². The Morgan fingerprint density at radius 3 is 3.15 bits per heavy atom. The quantitative estimate of drug-likeness (QED) is 0.690. The van der Waals surface area contributed by atoms with Crippen molar-refractivity contribution in [1.82, 2.24) is 4.98 Å². The van der Waals surface area contributed by atoms with Crippen molar-refractivity contribution in [1.29, 1.82) is 0 Å². The molecule has 74 valence electrons. The Kier molecular flexibility index (Phi) is 4.78. The normalized spacial score (nSPS) is 12.8. The molecule has 0 aliphatic heterocycles. The molecule has 1 unspecified atom stereocenters. The number of nitrogens with one attached hydrogen (secondary N) is 1. The van der Waals surface area contributed by atoms with Crippen LogP contribution in [0.25, 0.3) is 0 Å². The summed E-state index contributed by atoms with van der Waals surface area (Å²) in [7, 11) is 0. The average Bonchev–Trinajstić information content (AvgIpc) is 2.64. The molecule has 3 nitrogen and oxygen atoms in total. The number of aliphatic hydroxyl groups is 1. The number of anilines is 1. The second-order valence-electron chi connectivity index (χ2n) is 3.19. The standard InChI is InChI=1S/C9H16N2OS/c1-8(7-12)3-2-4-10-9-11-5-6-13-9/h5-6,8,12H,2-4,7H2,1H3,(H,10,11). The van der Waals surface area contributed by atoms with Crippen molar-refractivity contribution < 1.29 is 5.11 Å². The molecule has 0 spiro atoms. The second-order valence-corrected chi connectivity index (χ2v) is 4.09. The predicted octanol–water partition coefficient (Wildman–Crippen LogP) is 1.96. The summed E-state index contributed by atoms with van der Waals surface area (Å²) in [5.74, 6) is 0.415. The van der Waals surface area contributed by atoms with E-state index < -0.39 is 0 Å². The maximum Gasteiger partial charge on any atom is 0.182 e. The summed E-state index contributed by atoms with van der Waals surface area (Å²) < 4.78 is 0. The van der Waals surface area contributed by atoms with Gasteiger partial charge in [0, 0.05) is 24.7 Å². The summed E-state index contributed by atoms with van der Waals surface area (Å²) >= 11 is 1.62. The number of aliphatic hydroxyl groups excluding tert-OH is 1. The van der Waals surface area contributed by atoms with E-state index in [-0.39, 0.29) is 6.61 Å². The zero-order chi connectivity index (χ0) is 9.52. The summed E-state index contributed by atoms with van der Waals surface area (Å²) in [6.45, 7) is 3.29. The van der Waals surface area contributed by atoms with Gasteiger partial charge in [-0.15, -0.1) is 11.3 Å². The van der Waals surface area contributed by atoms with Crippen LogP contribution in [0.5, 0.6) is 0 Å². The summed E-state index contributed by atoms with van der Waals surface area (Å²) in [5.41, 5.74) is 0. The fraction of sp³-hybridized carbons (Fsp3) is 0.667. The van der Waals surface area contributed by atoms with Crippen molar-refractivity contribution in [2.75, 3.05) is 18.5 Å². The highest BCUT2D eigenvalue weighted by Crippen LogP contribution is 2.11. The van der Waals surface area contributed by atoms with Gasteiger partial charge in [-0.05, 0) is 18.8 Å². The first-order chi connectivity index (χ1) is 6.33. The third-order valence-corrected chi connectivity index (χ3v) is 2.62. The first kappa shape index (κ1) is 10.5. The Balaban J connectivity index is 2.02. The molecular weight excluding hydrogens is 184 g/mol. The lowest BCUT2D eigenvalue weighted by atomic mass is 10.1. The summed E-state index contributed by atoms with van der Waals surface area (Å²) in [5, 5.41) is 15.0. The molecule has 0 aromatic carbocycles. The summed E-state index contributed by atoms with van der Waals surface area (Å²) in [6, 6.07) is 0. The molecule has 1 atom stereocenters. The van der Waals surface area contributed by atoms with Crippen molar-refractivity contribution in [2.24, 2.45) is 5.92 Å². The van der Waals surface area contributed by atoms with Gasteiger partial charge in [-0.2, -0.15) is 0 Å². The largest absolute Gasteiger partial charge is 0.396 e. The second kappa shape index (κ2) is 5.94. The smallest absolute Gasteiger partial charge is 0.182 e. The fourth-order valence-corrected chi connectivity index (χ4v) is 1.61. The molecule has 1 rings (SSSR count). The van der Waals surface area contributed by atoms with E-state index in [4.69, 9.17) is 5.11 Å². The van der Waals surface area contributed by atoms with Crippen LogP contribution in [-0.2, 0) is 0 Å². The molecule has 0 radical (unpaired) electrons. The van der Waals surface area contributed by atoms with Gasteiger partial charge >= 0.3 is 0 Å². The van der Waals surface area contributed by atoms with Crippen LogP contribution in [0.4, 0.5) is 5.13 Å². The van der Waals surface area contributed by atoms with E-state index in [1.807, 2.05) is 5.38 Å². The van der Waals surface area contributed by atoms with Crippen LogP contribution in [-0.4, -0.2) is 23.2 Å². The first-order valence-corrected chi connectivity index (χ1v) is 5.45. The van der Waals surface area contributed by atoms with Crippen LogP contribution in [0, 0.1) is 5.92 Å². The zero-order valence-electron chi connectivity index (χ0n) is 7.86. The number of rotatable bonds is 6. The molecule has 1 aromatic heterocycles. The molecule has 13 heavy (non-hydrogen) atoms. The van der Waals surface area contributed by atoms with Crippen LogP contribution < -0.4 is 5.32 Å². The third-order valence-electron chi connectivity index (χ3n) is 1.89. The Hall–Kier alpha value is -0.610. The molecule has 0 saturated carbocycles. The molecule has 0 aliphatic rings. The van der Waals surface area contributed by atoms with Crippen molar-refractivity contribution in [3.05, 3.63) is 11.6 Å². The SMILES string of the molecule is CC(CO)CCCNc1nccs1. The highest BCUT2D eigenvalue weighted by molar-refractivity contribution is 7.13. The molecule has 0 bridgehead atoms. The van der Waals surface area contributed by atoms with E-state index in [1.165, 1.54) is 0 Å². The minimum Gasteiger partial charge on any atom is -0.396 e. The van der Waals surface area contributed by atoms with E-state index >= 15 is 0 Å². The molecule has 0 aliphatic carbocycles. The zero-order valence-corrected chi connectivity index (χ0v) is 8.68. The Bertz CT molecular complexity index is 213. The van der Waals surface area contributed by atoms with Gasteiger partial charge in [0.25, 0.3) is 0 Å². The highest BCUT2D eigenvalue weighted by atomic mass is 32.1. The van der Waals surface area contributed by atoms with Gasteiger partial charge < -0.3 is 10.4 Å². The lowest BCUT2D eigenvalue weighted by molar-refractivity contribution is 0.229. The van der Waals surface area contributed by atoms with E-state index in [1.54, 1.807) is 17.5 Å². The van der Waals surface area contributed by atoms with Gasteiger partial charge in [-0.3, -0.25) is 0 Å². The molecule has 0 saturated heterocycles. The van der Waals surface area contributed by atoms with Gasteiger partial charge in [0.2, 0.25) is 0 Å². The Labute approximate surface area is 82.8 Å². The van der Waals surface area contributed by atoms with Crippen LogP contribution >= 0.6 is 11.3 Å². The predicted molar refractivity (Wildman–Crippen MR) is 56.1 cm³/mol. The fourth-order valence-electron chi connectivity index (χ4n) is 1.05. The van der Waals surface area contributed by atoms with E-state index in [9.17, 15) is 0 Å². The van der Waals surface area contributed by atoms with Crippen LogP contribution in [0.3, 0.4) is 0 Å². The number of hydrogen-bond acceptors (Lipinski definition) is 4. The summed E-state index contributed by atoms with van der Waals surface area (Å²) in [4.78, 5) is 4.11. The first-order valence-electron chi connectivity index (χ1n) is 4.57. The van der Waals surface area contributed by atoms with Gasteiger partial charge in [0.05, 0.1) is 0 Å². The molecule has 4 heteroatoms. The molecular formula is C9H16N2OS. The number of nitrogens with zero attached hydrogens (tertiary/aromatic N) is 1. The average molecular weight is 200 g/mol. The molecule has 0 fully saturated rings. The van der Waals surface area contributed by atoms with Gasteiger partial charge in [-0.1, -0.05) is 6.92 Å². The van der Waals surface area contributed by atoms with Gasteiger partial charge in [-0.25, -0.2) is 4.98 Å². The topological polar surface area (TPSA) is 45.1 Å². The third kappa shape index (κ3) is 4.24. The minimum atomic E-state index is 0.289. The van der Waals surface area contributed by atoms with E-state index in [0.717, 1.165) is 24.5 Å².